The number of carbonyl (C=O) groups is 2. The number of carboxylic acid groups (broad SMARTS) is 1. The minimum Gasteiger partial charge on any atom is -0.478 e. The van der Waals surface area contributed by atoms with Gasteiger partial charge >= 0.3 is 5.97 Å². The summed E-state index contributed by atoms with van der Waals surface area (Å²) < 4.78 is 49.3. The Labute approximate surface area is 282 Å². The van der Waals surface area contributed by atoms with E-state index < -0.39 is 17.8 Å². The molecule has 0 atom stereocenters. The number of aromatic carboxylic acids is 1. The molecule has 6 rings (SSSR count). The number of hydrogen-bond acceptors (Lipinski definition) is 5. The summed E-state index contributed by atoms with van der Waals surface area (Å²) in [5.74, 6) is 5.79. The molecule has 7 nitrogen and oxygen atoms in total. The third kappa shape index (κ3) is 12.2. The molecule has 2 heterocycles. The van der Waals surface area contributed by atoms with Gasteiger partial charge in [0.2, 0.25) is 11.8 Å². The Morgan fingerprint density at radius 3 is 1.37 bits per heavy atom. The SMILES string of the molecule is NCC1CC(F)(F)C1.O=C(NCC1CC(F)(F)C1)c1ccc(C#Cc2ccncc2)cc1.O=C(O)c1ccc(C#Cc2ccncc2)cc1. The van der Waals surface area contributed by atoms with Gasteiger partial charge in [-0.15, -0.1) is 0 Å². The van der Waals surface area contributed by atoms with E-state index in [4.69, 9.17) is 10.8 Å². The van der Waals surface area contributed by atoms with Crippen molar-refractivity contribution in [3.63, 3.8) is 0 Å². The number of pyridine rings is 2. The maximum atomic E-state index is 12.7. The predicted octanol–water partition coefficient (Wildman–Crippen LogP) is 6.43. The second kappa shape index (κ2) is 17.0. The normalized spacial score (nSPS) is 15.4. The number of nitrogens with one attached hydrogen (secondary N) is 1. The van der Waals surface area contributed by atoms with Gasteiger partial charge < -0.3 is 16.2 Å². The summed E-state index contributed by atoms with van der Waals surface area (Å²) in [7, 11) is 0. The van der Waals surface area contributed by atoms with Crippen molar-refractivity contribution in [3.8, 4) is 23.7 Å². The summed E-state index contributed by atoms with van der Waals surface area (Å²) in [6.07, 6.45) is 6.43. The van der Waals surface area contributed by atoms with Crippen molar-refractivity contribution in [1.29, 1.82) is 0 Å². The first-order valence-corrected chi connectivity index (χ1v) is 15.4. The van der Waals surface area contributed by atoms with Crippen LogP contribution in [0.1, 0.15) is 68.7 Å². The molecular formula is C38H34F4N4O3. The molecule has 0 spiro atoms. The zero-order valence-corrected chi connectivity index (χ0v) is 26.4. The van der Waals surface area contributed by atoms with E-state index in [2.05, 4.69) is 39.0 Å². The molecule has 0 unspecified atom stereocenters. The van der Waals surface area contributed by atoms with Gasteiger partial charge in [-0.2, -0.15) is 0 Å². The molecule has 0 bridgehead atoms. The van der Waals surface area contributed by atoms with Crippen LogP contribution in [0.4, 0.5) is 17.6 Å². The number of nitrogens with two attached hydrogens (primary N) is 1. The van der Waals surface area contributed by atoms with E-state index in [0.717, 1.165) is 22.3 Å². The molecule has 4 aromatic rings. The van der Waals surface area contributed by atoms with E-state index >= 15 is 0 Å². The van der Waals surface area contributed by atoms with Gasteiger partial charge in [0.05, 0.1) is 5.56 Å². The highest BCUT2D eigenvalue weighted by atomic mass is 19.3. The number of benzene rings is 2. The van der Waals surface area contributed by atoms with Gasteiger partial charge in [0.1, 0.15) is 0 Å². The lowest BCUT2D eigenvalue weighted by molar-refractivity contribution is -0.108. The van der Waals surface area contributed by atoms with Crippen LogP contribution < -0.4 is 11.1 Å². The Balaban J connectivity index is 0.000000187. The number of hydrogen-bond donors (Lipinski definition) is 3. The monoisotopic (exact) mass is 670 g/mol. The third-order valence-corrected chi connectivity index (χ3v) is 7.58. The molecule has 0 radical (unpaired) electrons. The van der Waals surface area contributed by atoms with Gasteiger partial charge in [0, 0.05) is 84.8 Å². The van der Waals surface area contributed by atoms with Crippen LogP contribution >= 0.6 is 0 Å². The first-order valence-electron chi connectivity index (χ1n) is 15.4. The predicted molar refractivity (Wildman–Crippen MR) is 177 cm³/mol. The number of aromatic nitrogens is 2. The van der Waals surface area contributed by atoms with Crippen molar-refractivity contribution < 1.29 is 32.3 Å². The van der Waals surface area contributed by atoms with Gasteiger partial charge in [0.25, 0.3) is 5.91 Å². The first kappa shape index (κ1) is 36.3. The van der Waals surface area contributed by atoms with Crippen molar-refractivity contribution in [2.24, 2.45) is 17.6 Å². The number of halogens is 4. The van der Waals surface area contributed by atoms with Crippen molar-refractivity contribution in [2.45, 2.75) is 37.5 Å². The summed E-state index contributed by atoms with van der Waals surface area (Å²) >= 11 is 0. The molecule has 0 saturated heterocycles. The Bertz CT molecular complexity index is 1800. The van der Waals surface area contributed by atoms with E-state index in [1.54, 1.807) is 73.3 Å². The minimum absolute atomic E-state index is 0.00347. The van der Waals surface area contributed by atoms with Gasteiger partial charge in [0.15, 0.2) is 0 Å². The molecule has 2 aliphatic rings. The number of carboxylic acids is 1. The summed E-state index contributed by atoms with van der Waals surface area (Å²) in [5.41, 5.74) is 9.20. The van der Waals surface area contributed by atoms with Crippen LogP contribution in [0.3, 0.4) is 0 Å². The fraction of sp³-hybridized carbons (Fsp3) is 0.263. The Kier molecular flexibility index (Phi) is 12.6. The molecule has 0 aliphatic heterocycles. The lowest BCUT2D eigenvalue weighted by atomic mass is 9.81. The number of nitrogens with zero attached hydrogens (tertiary/aromatic N) is 2. The summed E-state index contributed by atoms with van der Waals surface area (Å²) in [4.78, 5) is 30.5. The number of carbonyl (C=O) groups excluding carboxylic acids is 1. The zero-order chi connectivity index (χ0) is 35.3. The van der Waals surface area contributed by atoms with E-state index in [1.807, 2.05) is 24.3 Å². The van der Waals surface area contributed by atoms with Crippen molar-refractivity contribution in [1.82, 2.24) is 15.3 Å². The first-order chi connectivity index (χ1) is 23.4. The minimum atomic E-state index is -2.55. The van der Waals surface area contributed by atoms with Crippen molar-refractivity contribution in [2.75, 3.05) is 13.1 Å². The average Bonchev–Trinajstić information content (AvgIpc) is 3.08. The molecule has 2 aromatic heterocycles. The van der Waals surface area contributed by atoms with Gasteiger partial charge in [-0.25, -0.2) is 22.4 Å². The molecule has 2 fully saturated rings. The van der Waals surface area contributed by atoms with Gasteiger partial charge in [-0.05, 0) is 91.2 Å². The fourth-order valence-corrected chi connectivity index (χ4v) is 4.78. The number of amides is 1. The molecule has 252 valence electrons. The zero-order valence-electron chi connectivity index (χ0n) is 26.4. The molecular weight excluding hydrogens is 636 g/mol. The van der Waals surface area contributed by atoms with Gasteiger partial charge in [-0.1, -0.05) is 23.7 Å². The second-order valence-electron chi connectivity index (χ2n) is 11.6. The molecule has 11 heteroatoms. The van der Waals surface area contributed by atoms with Crippen LogP contribution in [-0.4, -0.2) is 51.9 Å². The van der Waals surface area contributed by atoms with Crippen LogP contribution in [0.15, 0.2) is 97.6 Å². The topological polar surface area (TPSA) is 118 Å². The molecule has 49 heavy (non-hydrogen) atoms. The second-order valence-corrected chi connectivity index (χ2v) is 11.6. The number of alkyl halides is 4. The van der Waals surface area contributed by atoms with Crippen LogP contribution in [0.5, 0.6) is 0 Å². The van der Waals surface area contributed by atoms with Crippen LogP contribution in [0.25, 0.3) is 0 Å². The Morgan fingerprint density at radius 2 is 1.02 bits per heavy atom. The highest BCUT2D eigenvalue weighted by molar-refractivity contribution is 5.94. The van der Waals surface area contributed by atoms with Crippen molar-refractivity contribution in [3.05, 3.63) is 131 Å². The molecule has 1 amide bonds. The molecule has 2 saturated carbocycles. The Morgan fingerprint density at radius 1 is 0.653 bits per heavy atom. The van der Waals surface area contributed by atoms with E-state index in [0.29, 0.717) is 12.1 Å². The van der Waals surface area contributed by atoms with E-state index in [-0.39, 0.29) is 55.5 Å². The summed E-state index contributed by atoms with van der Waals surface area (Å²) in [6, 6.07) is 20.6. The van der Waals surface area contributed by atoms with E-state index in [1.165, 1.54) is 0 Å². The Hall–Kier alpha value is -5.52. The molecule has 2 aromatic carbocycles. The average molecular weight is 671 g/mol. The fourth-order valence-electron chi connectivity index (χ4n) is 4.78. The maximum absolute atomic E-state index is 12.7. The highest BCUT2D eigenvalue weighted by Crippen LogP contribution is 2.42. The van der Waals surface area contributed by atoms with Crippen LogP contribution in [0.2, 0.25) is 0 Å². The molecule has 2 aliphatic carbocycles. The quantitative estimate of drug-likeness (QED) is 0.167. The third-order valence-electron chi connectivity index (χ3n) is 7.58. The summed E-state index contributed by atoms with van der Waals surface area (Å²) in [5, 5.41) is 11.4. The van der Waals surface area contributed by atoms with Crippen LogP contribution in [-0.2, 0) is 0 Å². The lowest BCUT2D eigenvalue weighted by Crippen LogP contribution is -2.42. The highest BCUT2D eigenvalue weighted by Gasteiger charge is 2.45. The largest absolute Gasteiger partial charge is 0.478 e. The van der Waals surface area contributed by atoms with Gasteiger partial charge in [-0.3, -0.25) is 14.8 Å². The van der Waals surface area contributed by atoms with Crippen molar-refractivity contribution >= 4 is 11.9 Å². The maximum Gasteiger partial charge on any atom is 0.335 e. The van der Waals surface area contributed by atoms with E-state index in [9.17, 15) is 27.2 Å². The number of rotatable bonds is 5. The van der Waals surface area contributed by atoms with Crippen LogP contribution in [0, 0.1) is 35.5 Å². The lowest BCUT2D eigenvalue weighted by Gasteiger charge is -2.34. The molecule has 4 N–H and O–H groups in total. The standard InChI is InChI=1S/C19H16F2N2O.C14H9NO2.C5H9F2N/c20-19(21)11-16(12-19)13-23-18(24)17-5-3-14(4-6-17)1-2-15-7-9-22-10-8-15;16-14(17)13-5-3-11(4-6-13)1-2-12-7-9-15-10-8-12;6-5(7)1-4(2-5)3-8/h3-10,16H,11-13H2,(H,23,24);3-10H,(H,16,17);4H,1-3,8H2. The summed E-state index contributed by atoms with van der Waals surface area (Å²) in [6.45, 7) is 0.702. The smallest absolute Gasteiger partial charge is 0.335 e.